The third kappa shape index (κ3) is 1.23. The van der Waals surface area contributed by atoms with Gasteiger partial charge in [-0.25, -0.2) is 0 Å². The summed E-state index contributed by atoms with van der Waals surface area (Å²) in [6, 6.07) is 0. The summed E-state index contributed by atoms with van der Waals surface area (Å²) in [6.07, 6.45) is 1.71. The van der Waals surface area contributed by atoms with Crippen LogP contribution >= 0.6 is 15.9 Å². The van der Waals surface area contributed by atoms with E-state index in [1.54, 1.807) is 0 Å². The van der Waals surface area contributed by atoms with Crippen LogP contribution in [0.25, 0.3) is 0 Å². The van der Waals surface area contributed by atoms with Gasteiger partial charge in [0.1, 0.15) is 0 Å². The van der Waals surface area contributed by atoms with Gasteiger partial charge in [-0.15, -0.1) is 0 Å². The molecule has 0 unspecified atom stereocenters. The lowest BCUT2D eigenvalue weighted by Gasteiger charge is -2.08. The van der Waals surface area contributed by atoms with E-state index in [4.69, 9.17) is 4.74 Å². The SMILES string of the molecule is C[C@H]1OCC[C@@H]1CBr. The number of ether oxygens (including phenoxy) is 1. The molecule has 8 heavy (non-hydrogen) atoms. The minimum atomic E-state index is 0.481. The normalized spacial score (nSPS) is 38.2. The summed E-state index contributed by atoms with van der Waals surface area (Å²) in [5.74, 6) is 0.759. The predicted molar refractivity (Wildman–Crippen MR) is 37.3 cm³/mol. The summed E-state index contributed by atoms with van der Waals surface area (Å²) < 4.78 is 5.33. The Labute approximate surface area is 58.5 Å². The molecule has 1 aliphatic rings. The maximum atomic E-state index is 5.33. The molecule has 0 amide bonds. The highest BCUT2D eigenvalue weighted by atomic mass is 79.9. The molecule has 0 radical (unpaired) electrons. The largest absolute Gasteiger partial charge is 0.378 e. The Morgan fingerprint density at radius 1 is 1.75 bits per heavy atom. The first-order valence-corrected chi connectivity index (χ1v) is 4.14. The van der Waals surface area contributed by atoms with Crippen LogP contribution in [0.15, 0.2) is 0 Å². The molecule has 0 aromatic rings. The molecule has 1 heterocycles. The Bertz CT molecular complexity index is 74.9. The van der Waals surface area contributed by atoms with E-state index in [0.29, 0.717) is 6.10 Å². The average molecular weight is 179 g/mol. The maximum Gasteiger partial charge on any atom is 0.0583 e. The van der Waals surface area contributed by atoms with Gasteiger partial charge in [-0.2, -0.15) is 0 Å². The first-order valence-electron chi connectivity index (χ1n) is 3.02. The summed E-state index contributed by atoms with van der Waals surface area (Å²) in [6.45, 7) is 3.09. The van der Waals surface area contributed by atoms with E-state index in [9.17, 15) is 0 Å². The molecule has 1 aliphatic heterocycles. The lowest BCUT2D eigenvalue weighted by molar-refractivity contribution is 0.110. The van der Waals surface area contributed by atoms with Crippen LogP contribution in [-0.4, -0.2) is 18.0 Å². The zero-order chi connectivity index (χ0) is 5.98. The molecule has 1 saturated heterocycles. The quantitative estimate of drug-likeness (QED) is 0.557. The van der Waals surface area contributed by atoms with Crippen molar-refractivity contribution in [2.75, 3.05) is 11.9 Å². The Morgan fingerprint density at radius 2 is 2.50 bits per heavy atom. The molecule has 0 saturated carbocycles. The second-order valence-electron chi connectivity index (χ2n) is 2.28. The van der Waals surface area contributed by atoms with E-state index < -0.39 is 0 Å². The Kier molecular flexibility index (Phi) is 2.32. The molecule has 1 rings (SSSR count). The lowest BCUT2D eigenvalue weighted by Crippen LogP contribution is -2.11. The van der Waals surface area contributed by atoms with Crippen LogP contribution in [0.4, 0.5) is 0 Å². The molecule has 0 bridgehead atoms. The zero-order valence-corrected chi connectivity index (χ0v) is 6.65. The summed E-state index contributed by atoms with van der Waals surface area (Å²) in [5.41, 5.74) is 0. The molecule has 0 aromatic carbocycles. The molecule has 2 atom stereocenters. The Balaban J connectivity index is 2.30. The van der Waals surface area contributed by atoms with Crippen LogP contribution in [0.2, 0.25) is 0 Å². The molecule has 1 fully saturated rings. The summed E-state index contributed by atoms with van der Waals surface area (Å²) in [4.78, 5) is 0. The maximum absolute atomic E-state index is 5.33. The molecule has 1 nitrogen and oxygen atoms in total. The van der Waals surface area contributed by atoms with Gasteiger partial charge in [-0.3, -0.25) is 0 Å². The van der Waals surface area contributed by atoms with Gasteiger partial charge in [-0.1, -0.05) is 15.9 Å². The van der Waals surface area contributed by atoms with Gasteiger partial charge < -0.3 is 4.74 Å². The Hall–Kier alpha value is 0.440. The van der Waals surface area contributed by atoms with Crippen molar-refractivity contribution in [3.05, 3.63) is 0 Å². The summed E-state index contributed by atoms with van der Waals surface area (Å²) in [5, 5.41) is 1.09. The van der Waals surface area contributed by atoms with Gasteiger partial charge >= 0.3 is 0 Å². The molecular formula is C6H11BrO. The van der Waals surface area contributed by atoms with Crippen molar-refractivity contribution in [3.63, 3.8) is 0 Å². The topological polar surface area (TPSA) is 9.23 Å². The molecule has 0 aliphatic carbocycles. The lowest BCUT2D eigenvalue weighted by atomic mass is 10.1. The molecule has 48 valence electrons. The smallest absolute Gasteiger partial charge is 0.0583 e. The van der Waals surface area contributed by atoms with Crippen molar-refractivity contribution < 1.29 is 4.74 Å². The van der Waals surface area contributed by atoms with Crippen molar-refractivity contribution in [2.24, 2.45) is 5.92 Å². The van der Waals surface area contributed by atoms with Gasteiger partial charge in [0.15, 0.2) is 0 Å². The predicted octanol–water partition coefficient (Wildman–Crippen LogP) is 1.81. The number of halogens is 1. The molecule has 0 N–H and O–H groups in total. The third-order valence-corrected chi connectivity index (χ3v) is 2.56. The van der Waals surface area contributed by atoms with Crippen LogP contribution in [0, 0.1) is 5.92 Å². The number of rotatable bonds is 1. The average Bonchev–Trinajstić information content (AvgIpc) is 2.14. The highest BCUT2D eigenvalue weighted by Gasteiger charge is 2.22. The minimum Gasteiger partial charge on any atom is -0.378 e. The monoisotopic (exact) mass is 178 g/mol. The standard InChI is InChI=1S/C6H11BrO/c1-5-6(4-7)2-3-8-5/h5-6H,2-4H2,1H3/t5-,6-/m1/s1. The van der Waals surface area contributed by atoms with Crippen LogP contribution in [-0.2, 0) is 4.74 Å². The van der Waals surface area contributed by atoms with Gasteiger partial charge in [0.05, 0.1) is 6.10 Å². The Morgan fingerprint density at radius 3 is 2.75 bits per heavy atom. The van der Waals surface area contributed by atoms with Gasteiger partial charge in [-0.05, 0) is 19.3 Å². The van der Waals surface area contributed by atoms with Crippen molar-refractivity contribution >= 4 is 15.9 Å². The molecule has 2 heteroatoms. The van der Waals surface area contributed by atoms with Gasteiger partial charge in [0.2, 0.25) is 0 Å². The fourth-order valence-electron chi connectivity index (χ4n) is 0.979. The van der Waals surface area contributed by atoms with Gasteiger partial charge in [0, 0.05) is 11.9 Å². The minimum absolute atomic E-state index is 0.481. The first kappa shape index (κ1) is 6.56. The fourth-order valence-corrected chi connectivity index (χ4v) is 1.83. The van der Waals surface area contributed by atoms with Crippen molar-refractivity contribution in [3.8, 4) is 0 Å². The van der Waals surface area contributed by atoms with Crippen LogP contribution < -0.4 is 0 Å². The van der Waals surface area contributed by atoms with E-state index in [0.717, 1.165) is 17.9 Å². The van der Waals surface area contributed by atoms with E-state index in [-0.39, 0.29) is 0 Å². The summed E-state index contributed by atoms with van der Waals surface area (Å²) >= 11 is 3.44. The van der Waals surface area contributed by atoms with Crippen molar-refractivity contribution in [1.82, 2.24) is 0 Å². The summed E-state index contributed by atoms with van der Waals surface area (Å²) in [7, 11) is 0. The molecule has 0 spiro atoms. The number of alkyl halides is 1. The highest BCUT2D eigenvalue weighted by molar-refractivity contribution is 9.09. The van der Waals surface area contributed by atoms with Gasteiger partial charge in [0.25, 0.3) is 0 Å². The zero-order valence-electron chi connectivity index (χ0n) is 5.06. The van der Waals surface area contributed by atoms with Crippen molar-refractivity contribution in [2.45, 2.75) is 19.4 Å². The molecule has 0 aromatic heterocycles. The second kappa shape index (κ2) is 2.83. The first-order chi connectivity index (χ1) is 3.84. The highest BCUT2D eigenvalue weighted by Crippen LogP contribution is 2.21. The van der Waals surface area contributed by atoms with E-state index in [2.05, 4.69) is 22.9 Å². The van der Waals surface area contributed by atoms with Crippen LogP contribution in [0.5, 0.6) is 0 Å². The number of hydrogen-bond donors (Lipinski definition) is 0. The van der Waals surface area contributed by atoms with Crippen LogP contribution in [0.1, 0.15) is 13.3 Å². The van der Waals surface area contributed by atoms with Crippen molar-refractivity contribution in [1.29, 1.82) is 0 Å². The third-order valence-electron chi connectivity index (χ3n) is 1.73. The number of hydrogen-bond acceptors (Lipinski definition) is 1. The van der Waals surface area contributed by atoms with Crippen LogP contribution in [0.3, 0.4) is 0 Å². The fraction of sp³-hybridized carbons (Fsp3) is 1.00. The van der Waals surface area contributed by atoms with E-state index in [1.165, 1.54) is 6.42 Å². The van der Waals surface area contributed by atoms with E-state index >= 15 is 0 Å². The molecular weight excluding hydrogens is 168 g/mol. The second-order valence-corrected chi connectivity index (χ2v) is 2.93. The van der Waals surface area contributed by atoms with E-state index in [1.807, 2.05) is 0 Å².